The molecule has 0 aliphatic rings. The van der Waals surface area contributed by atoms with Gasteiger partial charge in [0.25, 0.3) is 0 Å². The molecule has 4 heteroatoms. The Morgan fingerprint density at radius 2 is 1.68 bits per heavy atom. The van der Waals surface area contributed by atoms with Crippen LogP contribution in [0.1, 0.15) is 38.2 Å². The molecule has 1 unspecified atom stereocenters. The Labute approximate surface area is 113 Å². The highest BCUT2D eigenvalue weighted by Gasteiger charge is 2.22. The Bertz CT molecular complexity index is 400. The van der Waals surface area contributed by atoms with E-state index in [-0.39, 0.29) is 18.4 Å². The number of rotatable bonds is 7. The molecule has 0 aliphatic heterocycles. The number of hydrogen-bond acceptors (Lipinski definition) is 4. The van der Waals surface area contributed by atoms with Crippen LogP contribution in [0.5, 0.6) is 0 Å². The molecule has 0 N–H and O–H groups in total. The Balaban J connectivity index is 2.70. The van der Waals surface area contributed by atoms with E-state index in [0.29, 0.717) is 19.6 Å². The van der Waals surface area contributed by atoms with Crippen molar-refractivity contribution in [3.8, 4) is 0 Å². The first-order valence-corrected chi connectivity index (χ1v) is 6.56. The summed E-state index contributed by atoms with van der Waals surface area (Å²) < 4.78 is 9.94. The van der Waals surface area contributed by atoms with E-state index in [1.54, 1.807) is 13.8 Å². The predicted octanol–water partition coefficient (Wildman–Crippen LogP) is 2.68. The van der Waals surface area contributed by atoms with Crippen LogP contribution in [-0.4, -0.2) is 25.2 Å². The topological polar surface area (TPSA) is 52.6 Å². The summed E-state index contributed by atoms with van der Waals surface area (Å²) in [5.74, 6) is -0.990. The SMILES string of the molecule is CCOC(=O)CCC(C(=O)OCC)c1ccccc1. The van der Waals surface area contributed by atoms with Crippen molar-refractivity contribution in [2.24, 2.45) is 0 Å². The fourth-order valence-electron chi connectivity index (χ4n) is 1.84. The molecule has 0 radical (unpaired) electrons. The molecule has 0 saturated carbocycles. The smallest absolute Gasteiger partial charge is 0.313 e. The number of carbonyl (C=O) groups is 2. The molecule has 1 aromatic carbocycles. The molecule has 104 valence electrons. The summed E-state index contributed by atoms with van der Waals surface area (Å²) in [5.41, 5.74) is 0.866. The van der Waals surface area contributed by atoms with E-state index in [1.807, 2.05) is 30.3 Å². The minimum absolute atomic E-state index is 0.214. The van der Waals surface area contributed by atoms with E-state index in [4.69, 9.17) is 9.47 Å². The third-order valence-electron chi connectivity index (χ3n) is 2.72. The molecule has 1 aromatic rings. The first kappa shape index (κ1) is 15.2. The zero-order valence-corrected chi connectivity index (χ0v) is 11.4. The quantitative estimate of drug-likeness (QED) is 0.710. The fourth-order valence-corrected chi connectivity index (χ4v) is 1.84. The summed E-state index contributed by atoms with van der Waals surface area (Å²) in [4.78, 5) is 23.3. The molecule has 19 heavy (non-hydrogen) atoms. The number of ether oxygens (including phenoxy) is 2. The Morgan fingerprint density at radius 3 is 2.26 bits per heavy atom. The summed E-state index contributed by atoms with van der Waals surface area (Å²) in [7, 11) is 0. The third-order valence-corrected chi connectivity index (χ3v) is 2.72. The fraction of sp³-hybridized carbons (Fsp3) is 0.467. The van der Waals surface area contributed by atoms with Crippen molar-refractivity contribution < 1.29 is 19.1 Å². The Kier molecular flexibility index (Phi) is 6.64. The highest BCUT2D eigenvalue weighted by Crippen LogP contribution is 2.23. The zero-order chi connectivity index (χ0) is 14.1. The molecule has 0 bridgehead atoms. The molecule has 0 spiro atoms. The minimum atomic E-state index is -0.412. The van der Waals surface area contributed by atoms with Crippen LogP contribution in [0.25, 0.3) is 0 Å². The van der Waals surface area contributed by atoms with E-state index in [1.165, 1.54) is 0 Å². The maximum atomic E-state index is 11.9. The van der Waals surface area contributed by atoms with E-state index in [9.17, 15) is 9.59 Å². The lowest BCUT2D eigenvalue weighted by atomic mass is 9.94. The highest BCUT2D eigenvalue weighted by atomic mass is 16.5. The van der Waals surface area contributed by atoms with Crippen molar-refractivity contribution in [3.05, 3.63) is 35.9 Å². The standard InChI is InChI=1S/C15H20O4/c1-3-18-14(16)11-10-13(15(17)19-4-2)12-8-6-5-7-9-12/h5-9,13H,3-4,10-11H2,1-2H3. The predicted molar refractivity (Wildman–Crippen MR) is 71.7 cm³/mol. The second-order valence-electron chi connectivity index (χ2n) is 4.06. The van der Waals surface area contributed by atoms with Crippen LogP contribution in [0.3, 0.4) is 0 Å². The van der Waals surface area contributed by atoms with Crippen molar-refractivity contribution in [2.45, 2.75) is 32.6 Å². The zero-order valence-electron chi connectivity index (χ0n) is 11.4. The van der Waals surface area contributed by atoms with Gasteiger partial charge in [-0.05, 0) is 25.8 Å². The number of esters is 2. The molecule has 0 saturated heterocycles. The van der Waals surface area contributed by atoms with Crippen LogP contribution >= 0.6 is 0 Å². The van der Waals surface area contributed by atoms with Crippen molar-refractivity contribution in [2.75, 3.05) is 13.2 Å². The monoisotopic (exact) mass is 264 g/mol. The van der Waals surface area contributed by atoms with Gasteiger partial charge in [0.15, 0.2) is 0 Å². The van der Waals surface area contributed by atoms with Crippen LogP contribution in [0.15, 0.2) is 30.3 Å². The average molecular weight is 264 g/mol. The highest BCUT2D eigenvalue weighted by molar-refractivity contribution is 5.79. The van der Waals surface area contributed by atoms with Crippen LogP contribution in [0.2, 0.25) is 0 Å². The van der Waals surface area contributed by atoms with Gasteiger partial charge in [-0.15, -0.1) is 0 Å². The normalized spacial score (nSPS) is 11.7. The van der Waals surface area contributed by atoms with Crippen molar-refractivity contribution in [1.82, 2.24) is 0 Å². The van der Waals surface area contributed by atoms with Gasteiger partial charge >= 0.3 is 11.9 Å². The third kappa shape index (κ3) is 5.12. The van der Waals surface area contributed by atoms with Gasteiger partial charge in [0.2, 0.25) is 0 Å². The molecule has 1 rings (SSSR count). The van der Waals surface area contributed by atoms with E-state index in [0.717, 1.165) is 5.56 Å². The van der Waals surface area contributed by atoms with Gasteiger partial charge < -0.3 is 9.47 Å². The summed E-state index contributed by atoms with van der Waals surface area (Å²) in [6.07, 6.45) is 0.619. The molecule has 0 amide bonds. The van der Waals surface area contributed by atoms with Crippen LogP contribution < -0.4 is 0 Å². The van der Waals surface area contributed by atoms with Gasteiger partial charge in [-0.3, -0.25) is 9.59 Å². The van der Waals surface area contributed by atoms with Gasteiger partial charge in [0.05, 0.1) is 19.1 Å². The van der Waals surface area contributed by atoms with Gasteiger partial charge in [0.1, 0.15) is 0 Å². The lowest BCUT2D eigenvalue weighted by molar-refractivity contribution is -0.146. The Hall–Kier alpha value is -1.84. The lowest BCUT2D eigenvalue weighted by Crippen LogP contribution is -2.18. The van der Waals surface area contributed by atoms with Crippen molar-refractivity contribution >= 4 is 11.9 Å². The molecular formula is C15H20O4. The summed E-state index contributed by atoms with van der Waals surface area (Å²) >= 11 is 0. The molecule has 0 heterocycles. The summed E-state index contributed by atoms with van der Waals surface area (Å²) in [5, 5.41) is 0. The number of hydrogen-bond donors (Lipinski definition) is 0. The van der Waals surface area contributed by atoms with Crippen molar-refractivity contribution in [1.29, 1.82) is 0 Å². The Morgan fingerprint density at radius 1 is 1.05 bits per heavy atom. The second-order valence-corrected chi connectivity index (χ2v) is 4.06. The number of carbonyl (C=O) groups excluding carboxylic acids is 2. The molecule has 0 fully saturated rings. The van der Waals surface area contributed by atoms with Crippen LogP contribution in [0, 0.1) is 0 Å². The van der Waals surface area contributed by atoms with Crippen LogP contribution in [0.4, 0.5) is 0 Å². The maximum absolute atomic E-state index is 11.9. The number of benzene rings is 1. The van der Waals surface area contributed by atoms with Crippen molar-refractivity contribution in [3.63, 3.8) is 0 Å². The molecule has 0 aromatic heterocycles. The van der Waals surface area contributed by atoms with Gasteiger partial charge in [-0.25, -0.2) is 0 Å². The molecule has 1 atom stereocenters. The molecular weight excluding hydrogens is 244 g/mol. The molecule has 0 aliphatic carbocycles. The summed E-state index contributed by atoms with van der Waals surface area (Å²) in [6, 6.07) is 9.36. The average Bonchev–Trinajstić information content (AvgIpc) is 2.41. The molecule has 4 nitrogen and oxygen atoms in total. The van der Waals surface area contributed by atoms with E-state index >= 15 is 0 Å². The first-order chi connectivity index (χ1) is 9.19. The first-order valence-electron chi connectivity index (χ1n) is 6.56. The minimum Gasteiger partial charge on any atom is -0.466 e. The van der Waals surface area contributed by atoms with E-state index < -0.39 is 5.92 Å². The van der Waals surface area contributed by atoms with Crippen LogP contribution in [-0.2, 0) is 19.1 Å². The lowest BCUT2D eigenvalue weighted by Gasteiger charge is -2.15. The second kappa shape index (κ2) is 8.29. The van der Waals surface area contributed by atoms with Gasteiger partial charge in [0, 0.05) is 6.42 Å². The van der Waals surface area contributed by atoms with Gasteiger partial charge in [-0.2, -0.15) is 0 Å². The van der Waals surface area contributed by atoms with E-state index in [2.05, 4.69) is 0 Å². The summed E-state index contributed by atoms with van der Waals surface area (Å²) in [6.45, 7) is 4.22. The van der Waals surface area contributed by atoms with Gasteiger partial charge in [-0.1, -0.05) is 30.3 Å². The largest absolute Gasteiger partial charge is 0.466 e. The maximum Gasteiger partial charge on any atom is 0.313 e.